The Morgan fingerprint density at radius 2 is 2.03 bits per heavy atom. The van der Waals surface area contributed by atoms with Gasteiger partial charge in [0.2, 0.25) is 0 Å². The maximum atomic E-state index is 13.7. The zero-order valence-electron chi connectivity index (χ0n) is 16.1. The van der Waals surface area contributed by atoms with E-state index < -0.39 is 12.3 Å². The van der Waals surface area contributed by atoms with Crippen LogP contribution in [0.15, 0.2) is 43.0 Å². The number of nitrogens with one attached hydrogen (secondary N) is 1. The minimum absolute atomic E-state index is 0.0703. The third kappa shape index (κ3) is 3.30. The van der Waals surface area contributed by atoms with Crippen LogP contribution >= 0.6 is 0 Å². The van der Waals surface area contributed by atoms with E-state index in [1.165, 1.54) is 23.2 Å². The zero-order valence-corrected chi connectivity index (χ0v) is 16.1. The Bertz CT molecular complexity index is 1220. The Morgan fingerprint density at radius 3 is 2.83 bits per heavy atom. The van der Waals surface area contributed by atoms with Gasteiger partial charge in [-0.05, 0) is 31.0 Å². The molecule has 30 heavy (non-hydrogen) atoms. The molecule has 7 nitrogen and oxygen atoms in total. The summed E-state index contributed by atoms with van der Waals surface area (Å²) in [4.78, 5) is 16.9. The summed E-state index contributed by atoms with van der Waals surface area (Å²) in [5.41, 5.74) is 0.898. The summed E-state index contributed by atoms with van der Waals surface area (Å²) in [6.45, 7) is 0. The number of aromatic nitrogens is 5. The monoisotopic (exact) mass is 410 g/mol. The fourth-order valence-corrected chi connectivity index (χ4v) is 4.11. The fraction of sp³-hybridized carbons (Fsp3) is 0.333. The first-order valence-electron chi connectivity index (χ1n) is 10.0. The minimum Gasteiger partial charge on any atom is -0.321 e. The molecule has 0 saturated heterocycles. The van der Waals surface area contributed by atoms with Crippen LogP contribution in [0.25, 0.3) is 16.6 Å². The highest BCUT2D eigenvalue weighted by atomic mass is 19.3. The molecule has 0 atom stereocenters. The van der Waals surface area contributed by atoms with Crippen LogP contribution in [0.3, 0.4) is 0 Å². The molecule has 1 aliphatic rings. The predicted molar refractivity (Wildman–Crippen MR) is 108 cm³/mol. The molecule has 5 rings (SSSR count). The van der Waals surface area contributed by atoms with Crippen LogP contribution in [0, 0.1) is 0 Å². The number of carbonyl (C=O) groups is 1. The number of carbonyl (C=O) groups excluding carboxylic acids is 1. The molecule has 0 spiro atoms. The maximum absolute atomic E-state index is 13.7. The molecule has 1 aliphatic carbocycles. The van der Waals surface area contributed by atoms with Crippen LogP contribution in [0.4, 0.5) is 14.5 Å². The normalized spacial score (nSPS) is 15.3. The van der Waals surface area contributed by atoms with Gasteiger partial charge in [0.25, 0.3) is 12.3 Å². The number of benzene rings is 1. The van der Waals surface area contributed by atoms with Crippen molar-refractivity contribution in [2.45, 2.75) is 44.6 Å². The lowest BCUT2D eigenvalue weighted by molar-refractivity contribution is 0.102. The topological polar surface area (TPSA) is 77.1 Å². The molecule has 1 amide bonds. The molecule has 3 aromatic heterocycles. The number of hydrogen-bond acceptors (Lipinski definition) is 4. The van der Waals surface area contributed by atoms with Crippen molar-refractivity contribution in [2.24, 2.45) is 0 Å². The van der Waals surface area contributed by atoms with Crippen molar-refractivity contribution in [3.8, 4) is 0 Å². The van der Waals surface area contributed by atoms with E-state index in [4.69, 9.17) is 0 Å². The number of halogens is 2. The molecule has 0 radical (unpaired) electrons. The van der Waals surface area contributed by atoms with E-state index in [1.54, 1.807) is 24.5 Å². The molecule has 0 aliphatic heterocycles. The molecule has 1 saturated carbocycles. The second-order valence-corrected chi connectivity index (χ2v) is 7.60. The molecule has 3 heterocycles. The first-order valence-corrected chi connectivity index (χ1v) is 10.0. The van der Waals surface area contributed by atoms with Gasteiger partial charge in [-0.3, -0.25) is 9.48 Å². The molecule has 154 valence electrons. The van der Waals surface area contributed by atoms with Crippen LogP contribution in [0.5, 0.6) is 0 Å². The Labute approximate surface area is 170 Å². The molecule has 1 N–H and O–H groups in total. The fourth-order valence-electron chi connectivity index (χ4n) is 4.11. The van der Waals surface area contributed by atoms with Gasteiger partial charge in [-0.2, -0.15) is 10.2 Å². The number of anilines is 1. The number of nitrogens with zero attached hydrogens (tertiary/aromatic N) is 5. The molecule has 9 heteroatoms. The Balaban J connectivity index is 1.50. The van der Waals surface area contributed by atoms with Gasteiger partial charge in [-0.1, -0.05) is 19.3 Å². The number of fused-ring (bicyclic) bond motifs is 2. The maximum Gasteiger partial charge on any atom is 0.265 e. The number of hydrogen-bond donors (Lipinski definition) is 1. The van der Waals surface area contributed by atoms with Gasteiger partial charge in [0.05, 0.1) is 23.4 Å². The summed E-state index contributed by atoms with van der Waals surface area (Å²) < 4.78 is 30.8. The van der Waals surface area contributed by atoms with Gasteiger partial charge < -0.3 is 5.32 Å². The predicted octanol–water partition coefficient (Wildman–Crippen LogP) is 4.77. The van der Waals surface area contributed by atoms with Crippen molar-refractivity contribution >= 4 is 28.1 Å². The Morgan fingerprint density at radius 1 is 1.20 bits per heavy atom. The summed E-state index contributed by atoms with van der Waals surface area (Å²) in [5, 5.41) is 12.0. The Kier molecular flexibility index (Phi) is 4.65. The second kappa shape index (κ2) is 7.47. The van der Waals surface area contributed by atoms with Crippen LogP contribution in [-0.4, -0.2) is 30.3 Å². The highest BCUT2D eigenvalue weighted by Gasteiger charge is 2.22. The third-order valence-corrected chi connectivity index (χ3v) is 5.65. The third-order valence-electron chi connectivity index (χ3n) is 5.65. The van der Waals surface area contributed by atoms with Crippen LogP contribution in [0.1, 0.15) is 60.5 Å². The average molecular weight is 410 g/mol. The van der Waals surface area contributed by atoms with E-state index in [0.29, 0.717) is 17.2 Å². The van der Waals surface area contributed by atoms with Crippen LogP contribution in [0.2, 0.25) is 0 Å². The van der Waals surface area contributed by atoms with Gasteiger partial charge in [0, 0.05) is 29.5 Å². The van der Waals surface area contributed by atoms with Crippen LogP contribution < -0.4 is 5.32 Å². The lowest BCUT2D eigenvalue weighted by atomic mass is 9.96. The van der Waals surface area contributed by atoms with E-state index >= 15 is 0 Å². The van der Waals surface area contributed by atoms with Crippen molar-refractivity contribution < 1.29 is 13.6 Å². The molecule has 0 unspecified atom stereocenters. The highest BCUT2D eigenvalue weighted by molar-refractivity contribution is 6.09. The molecular weight excluding hydrogens is 390 g/mol. The number of amides is 1. The van der Waals surface area contributed by atoms with E-state index in [1.807, 2.05) is 10.9 Å². The van der Waals surface area contributed by atoms with Crippen molar-refractivity contribution in [1.29, 1.82) is 0 Å². The number of alkyl halides is 2. The van der Waals surface area contributed by atoms with E-state index in [2.05, 4.69) is 20.5 Å². The van der Waals surface area contributed by atoms with Gasteiger partial charge in [-0.25, -0.2) is 18.3 Å². The van der Waals surface area contributed by atoms with E-state index in [-0.39, 0.29) is 16.8 Å². The summed E-state index contributed by atoms with van der Waals surface area (Å²) in [6.07, 6.45) is 9.33. The summed E-state index contributed by atoms with van der Waals surface area (Å²) in [5.74, 6) is -0.537. The molecule has 0 bridgehead atoms. The smallest absolute Gasteiger partial charge is 0.265 e. The summed E-state index contributed by atoms with van der Waals surface area (Å²) >= 11 is 0. The van der Waals surface area contributed by atoms with Crippen molar-refractivity contribution in [2.75, 3.05) is 5.32 Å². The van der Waals surface area contributed by atoms with Gasteiger partial charge in [-0.15, -0.1) is 0 Å². The van der Waals surface area contributed by atoms with E-state index in [0.717, 1.165) is 31.1 Å². The largest absolute Gasteiger partial charge is 0.321 e. The summed E-state index contributed by atoms with van der Waals surface area (Å²) in [6, 6.07) is 4.92. The van der Waals surface area contributed by atoms with Gasteiger partial charge in [0.1, 0.15) is 5.56 Å². The molecule has 1 aromatic carbocycles. The van der Waals surface area contributed by atoms with Crippen molar-refractivity contribution in [3.05, 3.63) is 54.1 Å². The van der Waals surface area contributed by atoms with Gasteiger partial charge >= 0.3 is 0 Å². The average Bonchev–Trinajstić information content (AvgIpc) is 3.37. The molecule has 1 fully saturated rings. The van der Waals surface area contributed by atoms with Crippen molar-refractivity contribution in [1.82, 2.24) is 24.4 Å². The standard InChI is InChI=1S/C21H20F2N6O/c22-19(23)15-10-17-13(12-29(27-17)14-5-2-1-3-6-14)9-18(15)26-21(30)16-11-25-28-8-4-7-24-20(16)28/h4,7-12,14,19H,1-3,5-6H2,(H,26,30). The minimum atomic E-state index is -2.74. The highest BCUT2D eigenvalue weighted by Crippen LogP contribution is 2.34. The first-order chi connectivity index (χ1) is 14.6. The second-order valence-electron chi connectivity index (χ2n) is 7.60. The van der Waals surface area contributed by atoms with E-state index in [9.17, 15) is 13.6 Å². The quantitative estimate of drug-likeness (QED) is 0.526. The lowest BCUT2D eigenvalue weighted by Gasteiger charge is -2.21. The van der Waals surface area contributed by atoms with Crippen molar-refractivity contribution in [3.63, 3.8) is 0 Å². The molecular formula is C21H20F2N6O. The molecule has 4 aromatic rings. The SMILES string of the molecule is O=C(Nc1cc2cn(C3CCCCC3)nc2cc1C(F)F)c1cnn2cccnc12. The summed E-state index contributed by atoms with van der Waals surface area (Å²) in [7, 11) is 0. The first kappa shape index (κ1) is 18.7. The Hall–Kier alpha value is -3.36. The lowest BCUT2D eigenvalue weighted by Crippen LogP contribution is -2.13. The number of rotatable bonds is 4. The van der Waals surface area contributed by atoms with Gasteiger partial charge in [0.15, 0.2) is 5.65 Å². The zero-order chi connectivity index (χ0) is 20.7. The van der Waals surface area contributed by atoms with Crippen LogP contribution in [-0.2, 0) is 0 Å².